The minimum atomic E-state index is 0.222. The van der Waals surface area contributed by atoms with Crippen molar-refractivity contribution in [3.8, 4) is 0 Å². The number of nitrogen functional groups attached to an aromatic ring is 1. The molecular formula is C10H13N5OS. The lowest BCUT2D eigenvalue weighted by Crippen LogP contribution is -2.00. The molecule has 0 atom stereocenters. The Morgan fingerprint density at radius 1 is 1.29 bits per heavy atom. The van der Waals surface area contributed by atoms with Crippen molar-refractivity contribution in [1.82, 2.24) is 15.0 Å². The van der Waals surface area contributed by atoms with E-state index in [0.717, 1.165) is 11.5 Å². The number of oxazole rings is 1. The molecule has 2 rings (SSSR count). The number of aryl methyl sites for hydroxylation is 2. The predicted octanol–water partition coefficient (Wildman–Crippen LogP) is 1.86. The molecule has 0 aliphatic carbocycles. The summed E-state index contributed by atoms with van der Waals surface area (Å²) >= 11 is 1.32. The van der Waals surface area contributed by atoms with Crippen molar-refractivity contribution < 1.29 is 4.42 Å². The van der Waals surface area contributed by atoms with Gasteiger partial charge in [-0.25, -0.2) is 9.97 Å². The van der Waals surface area contributed by atoms with Gasteiger partial charge in [0.25, 0.3) is 5.22 Å². The minimum absolute atomic E-state index is 0.222. The van der Waals surface area contributed by atoms with Crippen LogP contribution in [0.25, 0.3) is 0 Å². The van der Waals surface area contributed by atoms with E-state index in [2.05, 4.69) is 20.3 Å². The van der Waals surface area contributed by atoms with Crippen LogP contribution in [0.15, 0.2) is 20.7 Å². The van der Waals surface area contributed by atoms with E-state index in [9.17, 15) is 0 Å². The smallest absolute Gasteiger partial charge is 0.262 e. The Morgan fingerprint density at radius 2 is 2.06 bits per heavy atom. The maximum Gasteiger partial charge on any atom is 0.262 e. The highest BCUT2D eigenvalue weighted by atomic mass is 32.2. The first-order valence-electron chi connectivity index (χ1n) is 5.02. The third-order valence-electron chi connectivity index (χ3n) is 2.18. The molecule has 0 saturated heterocycles. The zero-order valence-electron chi connectivity index (χ0n) is 9.81. The highest BCUT2D eigenvalue weighted by Crippen LogP contribution is 2.28. The molecule has 7 heteroatoms. The van der Waals surface area contributed by atoms with Gasteiger partial charge in [-0.1, -0.05) is 0 Å². The van der Waals surface area contributed by atoms with Gasteiger partial charge in [-0.15, -0.1) is 0 Å². The molecule has 2 aromatic heterocycles. The molecule has 0 aliphatic heterocycles. The van der Waals surface area contributed by atoms with Crippen LogP contribution in [0.4, 0.5) is 11.8 Å². The standard InChI is InChI=1S/C10H13N5OS/c1-5-6(2)16-10(13-5)17-8-4-7(12-3)14-9(11)15-8/h4H,1-3H3,(H3,11,12,14,15). The Bertz CT molecular complexity index is 520. The van der Waals surface area contributed by atoms with Crippen molar-refractivity contribution in [2.24, 2.45) is 0 Å². The van der Waals surface area contributed by atoms with Gasteiger partial charge < -0.3 is 15.5 Å². The van der Waals surface area contributed by atoms with Crippen molar-refractivity contribution in [2.75, 3.05) is 18.1 Å². The molecule has 0 aromatic carbocycles. The SMILES string of the molecule is CNc1cc(Sc2nc(C)c(C)o2)nc(N)n1. The van der Waals surface area contributed by atoms with Crippen LogP contribution in [-0.4, -0.2) is 22.0 Å². The first kappa shape index (κ1) is 11.7. The van der Waals surface area contributed by atoms with Gasteiger partial charge >= 0.3 is 0 Å². The highest BCUT2D eigenvalue weighted by molar-refractivity contribution is 7.99. The fraction of sp³-hybridized carbons (Fsp3) is 0.300. The number of anilines is 2. The molecule has 0 aliphatic rings. The number of nitrogens with one attached hydrogen (secondary N) is 1. The molecule has 0 amide bonds. The fourth-order valence-electron chi connectivity index (χ4n) is 1.20. The minimum Gasteiger partial charge on any atom is -0.436 e. The molecule has 0 fully saturated rings. The molecule has 6 nitrogen and oxygen atoms in total. The van der Waals surface area contributed by atoms with Crippen LogP contribution in [0.2, 0.25) is 0 Å². The number of nitrogens with two attached hydrogens (primary N) is 1. The zero-order chi connectivity index (χ0) is 12.4. The Balaban J connectivity index is 2.26. The second-order valence-corrected chi connectivity index (χ2v) is 4.39. The van der Waals surface area contributed by atoms with E-state index >= 15 is 0 Å². The molecule has 17 heavy (non-hydrogen) atoms. The Morgan fingerprint density at radius 3 is 2.65 bits per heavy atom. The monoisotopic (exact) mass is 251 g/mol. The second-order valence-electron chi connectivity index (χ2n) is 3.42. The normalized spacial score (nSPS) is 10.5. The van der Waals surface area contributed by atoms with E-state index in [-0.39, 0.29) is 5.95 Å². The van der Waals surface area contributed by atoms with Crippen molar-refractivity contribution in [3.05, 3.63) is 17.5 Å². The molecule has 0 bridgehead atoms. The summed E-state index contributed by atoms with van der Waals surface area (Å²) < 4.78 is 5.46. The Labute approximate surface area is 103 Å². The van der Waals surface area contributed by atoms with Gasteiger partial charge in [-0.05, 0) is 25.6 Å². The van der Waals surface area contributed by atoms with Crippen LogP contribution in [-0.2, 0) is 0 Å². The average Bonchev–Trinajstić information content (AvgIpc) is 2.57. The predicted molar refractivity (Wildman–Crippen MR) is 66.1 cm³/mol. The van der Waals surface area contributed by atoms with E-state index in [0.29, 0.717) is 16.1 Å². The molecule has 2 heterocycles. The third-order valence-corrected chi connectivity index (χ3v) is 2.94. The van der Waals surface area contributed by atoms with Crippen molar-refractivity contribution in [3.63, 3.8) is 0 Å². The quantitative estimate of drug-likeness (QED) is 0.804. The van der Waals surface area contributed by atoms with Gasteiger partial charge in [-0.2, -0.15) is 4.98 Å². The summed E-state index contributed by atoms with van der Waals surface area (Å²) in [4.78, 5) is 12.4. The van der Waals surface area contributed by atoms with Gasteiger partial charge in [0.2, 0.25) is 5.95 Å². The fourth-order valence-corrected chi connectivity index (χ4v) is 2.04. The number of hydrogen-bond donors (Lipinski definition) is 2. The average molecular weight is 251 g/mol. The first-order chi connectivity index (χ1) is 8.08. The van der Waals surface area contributed by atoms with Crippen LogP contribution >= 0.6 is 11.8 Å². The van der Waals surface area contributed by atoms with Gasteiger partial charge in [0, 0.05) is 13.1 Å². The van der Waals surface area contributed by atoms with Crippen LogP contribution in [0.1, 0.15) is 11.5 Å². The topological polar surface area (TPSA) is 89.9 Å². The molecule has 0 radical (unpaired) electrons. The second kappa shape index (κ2) is 4.62. The molecule has 0 unspecified atom stereocenters. The van der Waals surface area contributed by atoms with E-state index in [4.69, 9.17) is 10.2 Å². The van der Waals surface area contributed by atoms with Crippen LogP contribution in [0, 0.1) is 13.8 Å². The van der Waals surface area contributed by atoms with Crippen molar-refractivity contribution in [2.45, 2.75) is 24.1 Å². The zero-order valence-corrected chi connectivity index (χ0v) is 10.6. The summed E-state index contributed by atoms with van der Waals surface area (Å²) in [6.07, 6.45) is 0. The molecule has 0 spiro atoms. The summed E-state index contributed by atoms with van der Waals surface area (Å²) in [6, 6.07) is 1.79. The third kappa shape index (κ3) is 2.68. The number of aromatic nitrogens is 3. The molecule has 2 aromatic rings. The van der Waals surface area contributed by atoms with E-state index in [1.165, 1.54) is 11.8 Å². The van der Waals surface area contributed by atoms with Gasteiger partial charge in [0.1, 0.15) is 16.6 Å². The summed E-state index contributed by atoms with van der Waals surface area (Å²) in [5, 5.41) is 4.17. The maximum absolute atomic E-state index is 5.60. The van der Waals surface area contributed by atoms with Crippen LogP contribution < -0.4 is 11.1 Å². The lowest BCUT2D eigenvalue weighted by molar-refractivity contribution is 0.431. The summed E-state index contributed by atoms with van der Waals surface area (Å²) in [5.41, 5.74) is 6.48. The Kier molecular flexibility index (Phi) is 3.19. The Hall–Kier alpha value is -1.76. The van der Waals surface area contributed by atoms with Crippen molar-refractivity contribution >= 4 is 23.5 Å². The summed E-state index contributed by atoms with van der Waals surface area (Å²) in [7, 11) is 1.77. The van der Waals surface area contributed by atoms with E-state index in [1.807, 2.05) is 13.8 Å². The lowest BCUT2D eigenvalue weighted by atomic mass is 10.4. The molecule has 90 valence electrons. The number of nitrogens with zero attached hydrogens (tertiary/aromatic N) is 3. The van der Waals surface area contributed by atoms with Gasteiger partial charge in [-0.3, -0.25) is 0 Å². The largest absolute Gasteiger partial charge is 0.436 e. The molecule has 0 saturated carbocycles. The highest BCUT2D eigenvalue weighted by Gasteiger charge is 2.10. The number of hydrogen-bond acceptors (Lipinski definition) is 7. The maximum atomic E-state index is 5.60. The summed E-state index contributed by atoms with van der Waals surface area (Å²) in [5.74, 6) is 1.70. The van der Waals surface area contributed by atoms with Gasteiger partial charge in [0.05, 0.1) is 5.69 Å². The van der Waals surface area contributed by atoms with Gasteiger partial charge in [0.15, 0.2) is 0 Å². The van der Waals surface area contributed by atoms with E-state index < -0.39 is 0 Å². The molecule has 3 N–H and O–H groups in total. The van der Waals surface area contributed by atoms with Crippen LogP contribution in [0.3, 0.4) is 0 Å². The number of rotatable bonds is 3. The van der Waals surface area contributed by atoms with E-state index in [1.54, 1.807) is 13.1 Å². The van der Waals surface area contributed by atoms with Crippen LogP contribution in [0.5, 0.6) is 0 Å². The van der Waals surface area contributed by atoms with Crippen molar-refractivity contribution in [1.29, 1.82) is 0 Å². The first-order valence-corrected chi connectivity index (χ1v) is 5.84. The lowest BCUT2D eigenvalue weighted by Gasteiger charge is -2.02. The summed E-state index contributed by atoms with van der Waals surface area (Å²) in [6.45, 7) is 3.77. The molecular weight excluding hydrogens is 238 g/mol.